The quantitative estimate of drug-likeness (QED) is 0.788. The summed E-state index contributed by atoms with van der Waals surface area (Å²) in [6.45, 7) is 0. The predicted molar refractivity (Wildman–Crippen MR) is 83.4 cm³/mol. The van der Waals surface area contributed by atoms with Crippen molar-refractivity contribution in [3.05, 3.63) is 34.3 Å². The molecule has 4 fully saturated rings. The normalized spacial score (nSPS) is 38.1. The average molecular weight is 333 g/mol. The van der Waals surface area contributed by atoms with Gasteiger partial charge in [0.15, 0.2) is 0 Å². The molecular formula is C18H21BrO. The molecule has 0 saturated heterocycles. The lowest BCUT2D eigenvalue weighted by Crippen LogP contribution is -2.48. The maximum Gasteiger partial charge on any atom is 0.140 e. The van der Waals surface area contributed by atoms with Crippen molar-refractivity contribution in [1.29, 1.82) is 0 Å². The summed E-state index contributed by atoms with van der Waals surface area (Å²) in [5.41, 5.74) is 1.16. The van der Waals surface area contributed by atoms with Crippen molar-refractivity contribution < 1.29 is 4.79 Å². The Morgan fingerprint density at radius 3 is 2.30 bits per heavy atom. The topological polar surface area (TPSA) is 17.1 Å². The Bertz CT molecular complexity index is 508. The SMILES string of the molecule is O=C(Cc1cccc(Br)c1)C1C2CC3CC(C2)CC1C3. The molecule has 1 aromatic carbocycles. The number of rotatable bonds is 3. The largest absolute Gasteiger partial charge is 0.299 e. The molecule has 106 valence electrons. The lowest BCUT2D eigenvalue weighted by molar-refractivity contribution is -0.135. The first-order valence-corrected chi connectivity index (χ1v) is 8.75. The molecule has 0 aliphatic heterocycles. The van der Waals surface area contributed by atoms with E-state index in [1.165, 1.54) is 32.1 Å². The summed E-state index contributed by atoms with van der Waals surface area (Å²) in [6, 6.07) is 8.23. The molecule has 0 unspecified atom stereocenters. The summed E-state index contributed by atoms with van der Waals surface area (Å²) in [4.78, 5) is 12.8. The van der Waals surface area contributed by atoms with Gasteiger partial charge < -0.3 is 0 Å². The fourth-order valence-corrected chi connectivity index (χ4v) is 5.86. The van der Waals surface area contributed by atoms with Gasteiger partial charge in [0.25, 0.3) is 0 Å². The van der Waals surface area contributed by atoms with E-state index in [-0.39, 0.29) is 0 Å². The highest BCUT2D eigenvalue weighted by molar-refractivity contribution is 9.10. The summed E-state index contributed by atoms with van der Waals surface area (Å²) in [7, 11) is 0. The van der Waals surface area contributed by atoms with Gasteiger partial charge in [-0.05, 0) is 73.5 Å². The molecule has 4 aliphatic carbocycles. The first-order valence-electron chi connectivity index (χ1n) is 7.96. The van der Waals surface area contributed by atoms with E-state index in [1.54, 1.807) is 0 Å². The molecule has 1 nitrogen and oxygen atoms in total. The zero-order valence-electron chi connectivity index (χ0n) is 11.7. The monoisotopic (exact) mass is 332 g/mol. The van der Waals surface area contributed by atoms with Crippen LogP contribution in [0.15, 0.2) is 28.7 Å². The Morgan fingerprint density at radius 2 is 1.70 bits per heavy atom. The molecule has 0 aromatic heterocycles. The van der Waals surface area contributed by atoms with Gasteiger partial charge in [-0.3, -0.25) is 4.79 Å². The van der Waals surface area contributed by atoms with Crippen LogP contribution in [0.5, 0.6) is 0 Å². The summed E-state index contributed by atoms with van der Waals surface area (Å²) in [5.74, 6) is 4.22. The van der Waals surface area contributed by atoms with Crippen molar-refractivity contribution in [1.82, 2.24) is 0 Å². The van der Waals surface area contributed by atoms with Gasteiger partial charge in [0.05, 0.1) is 0 Å². The molecule has 0 amide bonds. The van der Waals surface area contributed by atoms with Crippen LogP contribution in [0, 0.1) is 29.6 Å². The van der Waals surface area contributed by atoms with Crippen LogP contribution in [0.4, 0.5) is 0 Å². The summed E-state index contributed by atoms with van der Waals surface area (Å²) < 4.78 is 1.08. The molecule has 0 heterocycles. The van der Waals surface area contributed by atoms with Gasteiger partial charge >= 0.3 is 0 Å². The van der Waals surface area contributed by atoms with E-state index >= 15 is 0 Å². The summed E-state index contributed by atoms with van der Waals surface area (Å²) in [5, 5.41) is 0. The highest BCUT2D eigenvalue weighted by atomic mass is 79.9. The molecule has 4 saturated carbocycles. The van der Waals surface area contributed by atoms with Crippen LogP contribution in [0.3, 0.4) is 0 Å². The van der Waals surface area contributed by atoms with E-state index in [0.29, 0.717) is 30.0 Å². The Kier molecular flexibility index (Phi) is 3.25. The molecular weight excluding hydrogens is 312 g/mol. The zero-order valence-corrected chi connectivity index (χ0v) is 13.3. The second-order valence-corrected chi connectivity index (χ2v) is 8.15. The fourth-order valence-electron chi connectivity index (χ4n) is 5.42. The van der Waals surface area contributed by atoms with E-state index in [2.05, 4.69) is 28.1 Å². The molecule has 4 bridgehead atoms. The van der Waals surface area contributed by atoms with Crippen molar-refractivity contribution in [2.45, 2.75) is 38.5 Å². The van der Waals surface area contributed by atoms with Gasteiger partial charge in [0.1, 0.15) is 5.78 Å². The molecule has 2 heteroatoms. The van der Waals surface area contributed by atoms with Crippen LogP contribution in [-0.2, 0) is 11.2 Å². The van der Waals surface area contributed by atoms with Crippen LogP contribution < -0.4 is 0 Å². The minimum Gasteiger partial charge on any atom is -0.299 e. The molecule has 1 aromatic rings. The minimum absolute atomic E-state index is 0.377. The maximum absolute atomic E-state index is 12.8. The first kappa shape index (κ1) is 13.1. The van der Waals surface area contributed by atoms with Crippen molar-refractivity contribution in [3.63, 3.8) is 0 Å². The molecule has 0 radical (unpaired) electrons. The molecule has 4 aliphatic rings. The van der Waals surface area contributed by atoms with Gasteiger partial charge in [-0.25, -0.2) is 0 Å². The Hall–Kier alpha value is -0.630. The third-order valence-corrected chi connectivity index (χ3v) is 6.36. The van der Waals surface area contributed by atoms with Gasteiger partial charge in [-0.15, -0.1) is 0 Å². The van der Waals surface area contributed by atoms with Crippen LogP contribution in [-0.4, -0.2) is 5.78 Å². The maximum atomic E-state index is 12.8. The van der Waals surface area contributed by atoms with Gasteiger partial charge in [0.2, 0.25) is 0 Å². The van der Waals surface area contributed by atoms with Crippen molar-refractivity contribution in [2.75, 3.05) is 0 Å². The lowest BCUT2D eigenvalue weighted by Gasteiger charge is -2.53. The van der Waals surface area contributed by atoms with Crippen LogP contribution in [0.25, 0.3) is 0 Å². The fraction of sp³-hybridized carbons (Fsp3) is 0.611. The lowest BCUT2D eigenvalue weighted by atomic mass is 9.51. The van der Waals surface area contributed by atoms with Crippen LogP contribution >= 0.6 is 15.9 Å². The third kappa shape index (κ3) is 2.26. The van der Waals surface area contributed by atoms with Gasteiger partial charge in [-0.1, -0.05) is 28.1 Å². The van der Waals surface area contributed by atoms with Crippen molar-refractivity contribution in [2.24, 2.45) is 29.6 Å². The smallest absolute Gasteiger partial charge is 0.140 e. The predicted octanol–water partition coefficient (Wildman–Crippen LogP) is 4.63. The number of Topliss-reactive ketones (excluding diaryl/α,β-unsaturated/α-hetero) is 1. The van der Waals surface area contributed by atoms with Crippen LogP contribution in [0.1, 0.15) is 37.7 Å². The van der Waals surface area contributed by atoms with Crippen molar-refractivity contribution in [3.8, 4) is 0 Å². The van der Waals surface area contributed by atoms with E-state index in [9.17, 15) is 4.79 Å². The number of hydrogen-bond donors (Lipinski definition) is 0. The van der Waals surface area contributed by atoms with E-state index < -0.39 is 0 Å². The van der Waals surface area contributed by atoms with Gasteiger partial charge in [0, 0.05) is 16.8 Å². The second kappa shape index (κ2) is 4.98. The van der Waals surface area contributed by atoms with Crippen LogP contribution in [0.2, 0.25) is 0 Å². The Labute approximate surface area is 129 Å². The second-order valence-electron chi connectivity index (χ2n) is 7.23. The number of ketones is 1. The molecule has 0 spiro atoms. The van der Waals surface area contributed by atoms with E-state index in [0.717, 1.165) is 21.9 Å². The Morgan fingerprint density at radius 1 is 1.05 bits per heavy atom. The van der Waals surface area contributed by atoms with Crippen molar-refractivity contribution >= 4 is 21.7 Å². The standard InChI is InChI=1S/C18H21BrO/c19-16-3-1-2-11(9-16)10-17(20)18-14-5-12-4-13(7-14)8-15(18)6-12/h1-3,9,12-15,18H,4-8,10H2. The zero-order chi connectivity index (χ0) is 13.7. The minimum atomic E-state index is 0.377. The number of carbonyl (C=O) groups is 1. The first-order chi connectivity index (χ1) is 9.69. The molecule has 0 N–H and O–H groups in total. The number of halogens is 1. The van der Waals surface area contributed by atoms with E-state index in [4.69, 9.17) is 0 Å². The molecule has 5 rings (SSSR count). The third-order valence-electron chi connectivity index (χ3n) is 5.87. The molecule has 20 heavy (non-hydrogen) atoms. The Balaban J connectivity index is 1.51. The number of benzene rings is 1. The van der Waals surface area contributed by atoms with E-state index in [1.807, 2.05) is 12.1 Å². The summed E-state index contributed by atoms with van der Waals surface area (Å²) in [6.07, 6.45) is 7.43. The molecule has 0 atom stereocenters. The number of hydrogen-bond acceptors (Lipinski definition) is 1. The van der Waals surface area contributed by atoms with Gasteiger partial charge in [-0.2, -0.15) is 0 Å². The summed E-state index contributed by atoms with van der Waals surface area (Å²) >= 11 is 3.50. The highest BCUT2D eigenvalue weighted by Gasteiger charge is 2.50. The highest BCUT2D eigenvalue weighted by Crippen LogP contribution is 2.56. The number of carbonyl (C=O) groups excluding carboxylic acids is 1. The average Bonchev–Trinajstić information content (AvgIpc) is 2.37.